The second-order valence-electron chi connectivity index (χ2n) is 3.57. The number of anilines is 1. The van der Waals surface area contributed by atoms with E-state index in [9.17, 15) is 9.59 Å². The predicted octanol–water partition coefficient (Wildman–Crippen LogP) is 1.11. The maximum Gasteiger partial charge on any atom is 0.338 e. The molecule has 0 radical (unpaired) electrons. The monoisotopic (exact) mass is 281 g/mol. The van der Waals surface area contributed by atoms with E-state index in [1.165, 1.54) is 18.2 Å². The molecule has 0 aromatic heterocycles. The van der Waals surface area contributed by atoms with Gasteiger partial charge in [-0.25, -0.2) is 4.79 Å². The minimum Gasteiger partial charge on any atom is -0.452 e. The maximum atomic E-state index is 11.6. The first-order valence-corrected chi connectivity index (χ1v) is 5.78. The molecular weight excluding hydrogens is 270 g/mol. The largest absolute Gasteiger partial charge is 0.452 e. The molecule has 100 valence electrons. The van der Waals surface area contributed by atoms with Crippen molar-refractivity contribution in [1.82, 2.24) is 5.32 Å². The van der Waals surface area contributed by atoms with Crippen LogP contribution >= 0.6 is 11.6 Å². The Morgan fingerprint density at radius 3 is 2.84 bits per heavy atom. The highest BCUT2D eigenvalue weighted by Gasteiger charge is 2.11. The van der Waals surface area contributed by atoms with Gasteiger partial charge in [0, 0.05) is 6.54 Å². The molecule has 1 aromatic carbocycles. The van der Waals surface area contributed by atoms with E-state index in [1.807, 2.05) is 6.07 Å². The van der Waals surface area contributed by atoms with Gasteiger partial charge in [-0.3, -0.25) is 4.79 Å². The van der Waals surface area contributed by atoms with Crippen molar-refractivity contribution in [3.8, 4) is 6.07 Å². The number of hydrogen-bond donors (Lipinski definition) is 2. The highest BCUT2D eigenvalue weighted by molar-refractivity contribution is 6.33. The van der Waals surface area contributed by atoms with Gasteiger partial charge in [0.1, 0.15) is 0 Å². The Kier molecular flexibility index (Phi) is 5.64. The zero-order valence-corrected chi connectivity index (χ0v) is 10.7. The molecule has 0 atom stereocenters. The summed E-state index contributed by atoms with van der Waals surface area (Å²) in [6.07, 6.45) is 0.202. The third kappa shape index (κ3) is 4.85. The fourth-order valence-corrected chi connectivity index (χ4v) is 1.31. The zero-order valence-electron chi connectivity index (χ0n) is 9.98. The Balaban J connectivity index is 2.45. The summed E-state index contributed by atoms with van der Waals surface area (Å²) >= 11 is 5.72. The number of rotatable bonds is 5. The average molecular weight is 282 g/mol. The van der Waals surface area contributed by atoms with E-state index in [2.05, 4.69) is 5.32 Å². The highest BCUT2D eigenvalue weighted by atomic mass is 35.5. The molecule has 0 aliphatic heterocycles. The number of nitrogens with zero attached hydrogens (tertiary/aromatic N) is 1. The van der Waals surface area contributed by atoms with Crippen LogP contribution < -0.4 is 11.1 Å². The number of hydrogen-bond acceptors (Lipinski definition) is 5. The molecule has 1 rings (SSSR count). The molecule has 0 heterocycles. The zero-order chi connectivity index (χ0) is 14.3. The van der Waals surface area contributed by atoms with Crippen LogP contribution in [0.4, 0.5) is 5.69 Å². The first-order chi connectivity index (χ1) is 9.04. The number of benzene rings is 1. The van der Waals surface area contributed by atoms with Crippen LogP contribution in [0, 0.1) is 11.3 Å². The van der Waals surface area contributed by atoms with E-state index in [0.29, 0.717) is 5.02 Å². The number of carbonyl (C=O) groups excluding carboxylic acids is 2. The van der Waals surface area contributed by atoms with Gasteiger partial charge in [0.25, 0.3) is 5.91 Å². The lowest BCUT2D eigenvalue weighted by Crippen LogP contribution is -2.29. The minimum atomic E-state index is -0.668. The Morgan fingerprint density at radius 2 is 2.21 bits per heavy atom. The number of nitrogens with two attached hydrogens (primary N) is 1. The number of halogens is 1. The van der Waals surface area contributed by atoms with Crippen LogP contribution in [-0.2, 0) is 9.53 Å². The molecule has 0 spiro atoms. The number of carbonyl (C=O) groups is 2. The molecule has 0 saturated carbocycles. The van der Waals surface area contributed by atoms with Gasteiger partial charge < -0.3 is 15.8 Å². The van der Waals surface area contributed by atoms with Crippen molar-refractivity contribution >= 4 is 29.2 Å². The molecule has 0 fully saturated rings. The third-order valence-corrected chi connectivity index (χ3v) is 2.47. The van der Waals surface area contributed by atoms with E-state index in [0.717, 1.165) is 0 Å². The van der Waals surface area contributed by atoms with Crippen molar-refractivity contribution in [2.24, 2.45) is 0 Å². The summed E-state index contributed by atoms with van der Waals surface area (Å²) in [5.74, 6) is -1.13. The Morgan fingerprint density at radius 1 is 1.47 bits per heavy atom. The first-order valence-electron chi connectivity index (χ1n) is 5.40. The number of esters is 1. The van der Waals surface area contributed by atoms with Crippen LogP contribution in [0.15, 0.2) is 18.2 Å². The van der Waals surface area contributed by atoms with Crippen LogP contribution in [0.3, 0.4) is 0 Å². The van der Waals surface area contributed by atoms with Crippen molar-refractivity contribution in [3.63, 3.8) is 0 Å². The molecule has 3 N–H and O–H groups in total. The molecule has 0 saturated heterocycles. The Bertz CT molecular complexity index is 525. The summed E-state index contributed by atoms with van der Waals surface area (Å²) in [6, 6.07) is 6.18. The summed E-state index contributed by atoms with van der Waals surface area (Å²) in [6.45, 7) is -0.187. The third-order valence-electron chi connectivity index (χ3n) is 2.13. The van der Waals surface area contributed by atoms with Gasteiger partial charge in [-0.2, -0.15) is 5.26 Å². The van der Waals surface area contributed by atoms with E-state index in [1.54, 1.807) is 0 Å². The molecular formula is C12H12ClN3O3. The minimum absolute atomic E-state index is 0.202. The van der Waals surface area contributed by atoms with Gasteiger partial charge in [-0.15, -0.1) is 0 Å². The quantitative estimate of drug-likeness (QED) is 0.478. The predicted molar refractivity (Wildman–Crippen MR) is 69.4 cm³/mol. The highest BCUT2D eigenvalue weighted by Crippen LogP contribution is 2.19. The summed E-state index contributed by atoms with van der Waals surface area (Å²) in [5, 5.41) is 11.1. The van der Waals surface area contributed by atoms with E-state index >= 15 is 0 Å². The Hall–Kier alpha value is -2.26. The fourth-order valence-electron chi connectivity index (χ4n) is 1.19. The van der Waals surface area contributed by atoms with E-state index in [-0.39, 0.29) is 24.2 Å². The lowest BCUT2D eigenvalue weighted by molar-refractivity contribution is -0.124. The molecule has 7 heteroatoms. The molecule has 19 heavy (non-hydrogen) atoms. The summed E-state index contributed by atoms with van der Waals surface area (Å²) in [4.78, 5) is 22.8. The van der Waals surface area contributed by atoms with Gasteiger partial charge >= 0.3 is 5.97 Å². The van der Waals surface area contributed by atoms with Crippen molar-refractivity contribution in [3.05, 3.63) is 28.8 Å². The molecule has 0 unspecified atom stereocenters. The van der Waals surface area contributed by atoms with Crippen LogP contribution in [-0.4, -0.2) is 25.0 Å². The standard InChI is InChI=1S/C12H12ClN3O3/c13-9-3-2-8(6-10(9)15)12(18)19-7-11(17)16-5-1-4-14/h2-3,6H,1,5,7,15H2,(H,16,17). The maximum absolute atomic E-state index is 11.6. The topological polar surface area (TPSA) is 105 Å². The SMILES string of the molecule is N#CCCNC(=O)COC(=O)c1ccc(Cl)c(N)c1. The van der Waals surface area contributed by atoms with Crippen molar-refractivity contribution in [2.45, 2.75) is 6.42 Å². The fraction of sp³-hybridized carbons (Fsp3) is 0.250. The summed E-state index contributed by atoms with van der Waals surface area (Å²) < 4.78 is 4.78. The van der Waals surface area contributed by atoms with Crippen LogP contribution in [0.25, 0.3) is 0 Å². The summed E-state index contributed by atoms with van der Waals surface area (Å²) in [5.41, 5.74) is 6.02. The van der Waals surface area contributed by atoms with Gasteiger partial charge in [0.15, 0.2) is 6.61 Å². The number of nitrogen functional groups attached to an aromatic ring is 1. The van der Waals surface area contributed by atoms with Gasteiger partial charge in [-0.05, 0) is 18.2 Å². The molecule has 1 aromatic rings. The van der Waals surface area contributed by atoms with Crippen molar-refractivity contribution in [1.29, 1.82) is 5.26 Å². The molecule has 1 amide bonds. The van der Waals surface area contributed by atoms with Crippen LogP contribution in [0.1, 0.15) is 16.8 Å². The number of amides is 1. The van der Waals surface area contributed by atoms with Gasteiger partial charge in [0.2, 0.25) is 0 Å². The van der Waals surface area contributed by atoms with E-state index < -0.39 is 18.5 Å². The van der Waals surface area contributed by atoms with Crippen molar-refractivity contribution < 1.29 is 14.3 Å². The normalized spacial score (nSPS) is 9.47. The smallest absolute Gasteiger partial charge is 0.338 e. The number of ether oxygens (including phenoxy) is 1. The number of nitrogens with one attached hydrogen (secondary N) is 1. The molecule has 0 bridgehead atoms. The van der Waals surface area contributed by atoms with Gasteiger partial charge in [-0.1, -0.05) is 11.6 Å². The summed E-state index contributed by atoms with van der Waals surface area (Å²) in [7, 11) is 0. The molecule has 0 aliphatic carbocycles. The van der Waals surface area contributed by atoms with E-state index in [4.69, 9.17) is 27.3 Å². The van der Waals surface area contributed by atoms with Crippen LogP contribution in [0.2, 0.25) is 5.02 Å². The van der Waals surface area contributed by atoms with Gasteiger partial charge in [0.05, 0.1) is 28.8 Å². The average Bonchev–Trinajstić information content (AvgIpc) is 2.39. The first kappa shape index (κ1) is 14.8. The van der Waals surface area contributed by atoms with Crippen molar-refractivity contribution in [2.75, 3.05) is 18.9 Å². The van der Waals surface area contributed by atoms with Crippen LogP contribution in [0.5, 0.6) is 0 Å². The lowest BCUT2D eigenvalue weighted by atomic mass is 10.2. The number of nitriles is 1. The Labute approximate surface area is 115 Å². The second kappa shape index (κ2) is 7.24. The lowest BCUT2D eigenvalue weighted by Gasteiger charge is -2.06. The molecule has 0 aliphatic rings. The second-order valence-corrected chi connectivity index (χ2v) is 3.98. The molecule has 6 nitrogen and oxygen atoms in total.